The predicted octanol–water partition coefficient (Wildman–Crippen LogP) is 10.1. The van der Waals surface area contributed by atoms with Gasteiger partial charge in [-0.1, -0.05) is 53.7 Å². The second-order valence-corrected chi connectivity index (χ2v) is 31.3. The molecule has 0 radical (unpaired) electrons. The molecule has 8 bridgehead atoms. The Morgan fingerprint density at radius 2 is 0.941 bits per heavy atom. The molecule has 4 heterocycles. The fourth-order valence-electron chi connectivity index (χ4n) is 20.6. The van der Waals surface area contributed by atoms with E-state index in [1.54, 1.807) is 14.2 Å². The molecule has 0 amide bonds. The van der Waals surface area contributed by atoms with E-state index in [0.29, 0.717) is 47.9 Å². The number of carboxylic acids is 2. The number of aliphatic hydroxyl groups is 2. The van der Waals surface area contributed by atoms with Crippen molar-refractivity contribution < 1.29 is 68.0 Å². The minimum Gasteiger partial charge on any atom is -0.482 e. The number of carbonyl (C=O) groups excluding carboxylic acids is 2. The summed E-state index contributed by atoms with van der Waals surface area (Å²) in [4.78, 5) is 53.3. The molecule has 0 aromatic heterocycles. The zero-order valence-corrected chi connectivity index (χ0v) is 52.4. The molecule has 466 valence electrons. The van der Waals surface area contributed by atoms with Crippen LogP contribution in [-0.2, 0) is 52.3 Å². The Kier molecular flexibility index (Phi) is 14.1. The zero-order chi connectivity index (χ0) is 60.5. The number of unbranched alkanes of at least 4 members (excludes halogenated alkanes) is 1. The van der Waals surface area contributed by atoms with Gasteiger partial charge in [-0.15, -0.1) is 0 Å². The van der Waals surface area contributed by atoms with Gasteiger partial charge in [-0.3, -0.25) is 29.0 Å². The van der Waals surface area contributed by atoms with E-state index in [9.17, 15) is 29.4 Å². The first-order valence-corrected chi connectivity index (χ1v) is 32.7. The first-order chi connectivity index (χ1) is 40.1. The first kappa shape index (κ1) is 59.6. The maximum atomic E-state index is 13.0. The zero-order valence-electron chi connectivity index (χ0n) is 52.4. The van der Waals surface area contributed by atoms with Crippen molar-refractivity contribution in [2.75, 3.05) is 40.4 Å². The minimum atomic E-state index is -0.995. The Bertz CT molecular complexity index is 3040. The Hall–Kier alpha value is -4.32. The highest BCUT2D eigenvalue weighted by Crippen LogP contribution is 2.80. The third-order valence-corrected chi connectivity index (χ3v) is 25.9. The summed E-state index contributed by atoms with van der Waals surface area (Å²) in [6.07, 6.45) is 15.4. The second-order valence-electron chi connectivity index (χ2n) is 31.3. The second kappa shape index (κ2) is 20.1. The molecular weight excluding hydrogens is 1080 g/mol. The van der Waals surface area contributed by atoms with Gasteiger partial charge in [-0.2, -0.15) is 0 Å². The summed E-state index contributed by atoms with van der Waals surface area (Å²) in [5.74, 6) is 1.03. The van der Waals surface area contributed by atoms with Gasteiger partial charge in [0, 0.05) is 110 Å². The molecule has 4 N–H and O–H groups in total. The Labute approximate surface area is 502 Å². The lowest BCUT2D eigenvalue weighted by molar-refractivity contribution is -0.312. The molecular formula is C69H96N2O14. The van der Waals surface area contributed by atoms with Crippen LogP contribution in [0, 0.1) is 45.3 Å². The fraction of sp³-hybridized carbons (Fsp3) is 0.768. The fourth-order valence-corrected chi connectivity index (χ4v) is 20.6. The van der Waals surface area contributed by atoms with Crippen molar-refractivity contribution in [3.63, 3.8) is 0 Å². The minimum absolute atomic E-state index is 0.0397. The molecule has 16 nitrogen and oxygen atoms in total. The Morgan fingerprint density at radius 1 is 0.553 bits per heavy atom. The summed E-state index contributed by atoms with van der Waals surface area (Å²) in [6, 6.07) is 8.82. The van der Waals surface area contributed by atoms with Gasteiger partial charge in [0.25, 0.3) is 0 Å². The van der Waals surface area contributed by atoms with Crippen LogP contribution in [0.5, 0.6) is 23.0 Å². The average Bonchev–Trinajstić information content (AvgIpc) is 1.63. The molecule has 16 rings (SSSR count). The number of carboxylic acid groups (broad SMARTS) is 2. The summed E-state index contributed by atoms with van der Waals surface area (Å²) in [5, 5.41) is 42.7. The molecule has 10 fully saturated rings. The number of hydrogen-bond donors (Lipinski definition) is 4. The van der Waals surface area contributed by atoms with Crippen molar-refractivity contribution in [2.24, 2.45) is 45.3 Å². The first-order valence-electron chi connectivity index (χ1n) is 32.7. The van der Waals surface area contributed by atoms with Gasteiger partial charge in [0.15, 0.2) is 23.0 Å². The smallest absolute Gasteiger partial charge is 0.311 e. The van der Waals surface area contributed by atoms with Crippen molar-refractivity contribution in [1.29, 1.82) is 0 Å². The number of carbonyl (C=O) groups is 4. The van der Waals surface area contributed by atoms with Crippen LogP contribution in [0.2, 0.25) is 0 Å². The maximum absolute atomic E-state index is 13.0. The van der Waals surface area contributed by atoms with Crippen LogP contribution < -0.4 is 18.9 Å². The largest absolute Gasteiger partial charge is 0.482 e. The summed E-state index contributed by atoms with van der Waals surface area (Å²) < 4.78 is 39.5. The Morgan fingerprint density at radius 3 is 1.32 bits per heavy atom. The number of fused-ring (bicyclic) bond motifs is 4. The van der Waals surface area contributed by atoms with Crippen molar-refractivity contribution in [3.05, 3.63) is 46.5 Å². The summed E-state index contributed by atoms with van der Waals surface area (Å²) in [6.45, 7) is 21.1. The molecule has 16 heteroatoms. The number of likely N-dealkylation sites (tertiary alicyclic amines) is 2. The van der Waals surface area contributed by atoms with Gasteiger partial charge in [0.2, 0.25) is 0 Å². The lowest BCUT2D eigenvalue weighted by Gasteiger charge is -2.75. The molecule has 2 aromatic rings. The quantitative estimate of drug-likeness (QED) is 0.0586. The molecule has 4 spiro atoms. The monoisotopic (exact) mass is 1180 g/mol. The number of aliphatic carboxylic acids is 2. The molecule has 14 aliphatic rings. The molecule has 10 aliphatic carbocycles. The number of rotatable bonds is 19. The van der Waals surface area contributed by atoms with Crippen LogP contribution in [0.1, 0.15) is 200 Å². The highest BCUT2D eigenvalue weighted by atomic mass is 16.6. The van der Waals surface area contributed by atoms with E-state index in [0.717, 1.165) is 102 Å². The normalized spacial score (nSPS) is 37.2. The molecule has 8 saturated carbocycles. The number of nitrogens with zero attached hydrogens (tertiary/aromatic N) is 2. The molecule has 4 aliphatic heterocycles. The van der Waals surface area contributed by atoms with Gasteiger partial charge < -0.3 is 48.8 Å². The highest BCUT2D eigenvalue weighted by molar-refractivity contribution is 5.77. The van der Waals surface area contributed by atoms with Crippen LogP contribution in [0.3, 0.4) is 0 Å². The van der Waals surface area contributed by atoms with E-state index in [2.05, 4.69) is 63.5 Å². The molecule has 85 heavy (non-hydrogen) atoms. The van der Waals surface area contributed by atoms with Crippen LogP contribution in [0.25, 0.3) is 0 Å². The molecule has 14 atom stereocenters. The number of esters is 2. The summed E-state index contributed by atoms with van der Waals surface area (Å²) in [7, 11) is 3.59. The maximum Gasteiger partial charge on any atom is 0.311 e. The van der Waals surface area contributed by atoms with E-state index < -0.39 is 40.3 Å². The number of piperidine rings is 2. The molecule has 2 aromatic carbocycles. The predicted molar refractivity (Wildman–Crippen MR) is 316 cm³/mol. The van der Waals surface area contributed by atoms with Crippen LogP contribution in [0.4, 0.5) is 0 Å². The van der Waals surface area contributed by atoms with Gasteiger partial charge in [0.05, 0.1) is 11.2 Å². The van der Waals surface area contributed by atoms with E-state index in [1.807, 2.05) is 26.0 Å². The third kappa shape index (κ3) is 8.44. The van der Waals surface area contributed by atoms with Gasteiger partial charge in [0.1, 0.15) is 23.4 Å². The molecule has 2 saturated heterocycles. The van der Waals surface area contributed by atoms with Crippen LogP contribution in [0.15, 0.2) is 24.3 Å². The van der Waals surface area contributed by atoms with E-state index >= 15 is 0 Å². The van der Waals surface area contributed by atoms with E-state index in [-0.39, 0.29) is 94.6 Å². The Balaban J connectivity index is 0.000000158. The number of methoxy groups -OCH3 is 2. The van der Waals surface area contributed by atoms with Crippen molar-refractivity contribution in [3.8, 4) is 23.0 Å². The van der Waals surface area contributed by atoms with Crippen molar-refractivity contribution >= 4 is 23.9 Å². The third-order valence-electron chi connectivity index (χ3n) is 25.9. The van der Waals surface area contributed by atoms with Crippen LogP contribution in [-0.4, -0.2) is 141 Å². The summed E-state index contributed by atoms with van der Waals surface area (Å²) in [5.41, 5.74) is 0.278. The average molecular weight is 1180 g/mol. The number of ether oxygens (including phenoxy) is 6. The summed E-state index contributed by atoms with van der Waals surface area (Å²) >= 11 is 0. The standard InChI is InChI=1S/C35H49NO7.C34H47NO7/c1-31(2,3)32(4,40)24-19-33-14-15-35(24,41-5)30-34(33)16-17-36(20-21-10-11-21)25(33)18-22-12-13-23(29(43-30)28(22)34)42-27(39)9-7-6-8-26(37)38;1-30(2,3)31(4,39)23-18-32-13-14-34(23,40-5)29-33(32)15-16-35(19-20-9-10-20)24(32)17-21-11-12-22(28(42-29)27(21)33)41-26(38)8-6-7-25(36)37/h12-13,21,24-25,30,40H,6-11,14-20H2,1-5H3,(H,37,38);11-12,20,23-24,29,39H,6-10,13-19H2,1-5H3,(H,36,37)/t24-,25-,30?,32+,33-,34+,35?;23-,24-,29?,31+,32-,33+,34?/m11/s1. The van der Waals surface area contributed by atoms with E-state index in [4.69, 9.17) is 38.6 Å². The van der Waals surface area contributed by atoms with Gasteiger partial charge in [-0.25, -0.2) is 0 Å². The van der Waals surface area contributed by atoms with Crippen molar-refractivity contribution in [2.45, 2.75) is 248 Å². The van der Waals surface area contributed by atoms with Gasteiger partial charge in [-0.05, 0) is 182 Å². The van der Waals surface area contributed by atoms with Gasteiger partial charge >= 0.3 is 23.9 Å². The van der Waals surface area contributed by atoms with Crippen LogP contribution >= 0.6 is 0 Å². The number of benzene rings is 2. The topological polar surface area (TPSA) is 211 Å². The van der Waals surface area contributed by atoms with Crippen molar-refractivity contribution in [1.82, 2.24) is 9.80 Å². The lowest BCUT2D eigenvalue weighted by atomic mass is 9.33. The number of hydrogen-bond acceptors (Lipinski definition) is 14. The highest BCUT2D eigenvalue weighted by Gasteiger charge is 2.84. The molecule has 4 unspecified atom stereocenters. The SMILES string of the molecule is COC12CC[C@@]3(C[C@@H]1[C@](C)(O)C(C)(C)C)[C@H]1Cc4ccc(OC(=O)CCCC(=O)O)c5c4[C@@]3(CCN1CC1CC1)C2O5.COC12CC[C@@]3(C[C@@H]1[C@](C)(O)C(C)(C)C)[C@H]1Cc4ccc(OC(=O)CCCCC(=O)O)c5c4[C@@]3(CCN1CC1CC1)C2O5. The van der Waals surface area contributed by atoms with E-state index in [1.165, 1.54) is 47.9 Å². The lowest BCUT2D eigenvalue weighted by Crippen LogP contribution is -2.83.